The molecular weight excluding hydrogens is 1010 g/mol. The summed E-state index contributed by atoms with van der Waals surface area (Å²) in [5.74, 6) is -7.75. The van der Waals surface area contributed by atoms with Gasteiger partial charge in [0.05, 0.1) is 12.1 Å². The zero-order valence-corrected chi connectivity index (χ0v) is 45.7. The van der Waals surface area contributed by atoms with Crippen molar-refractivity contribution in [3.05, 3.63) is 144 Å². The maximum absolute atomic E-state index is 14.7. The molecule has 1 aliphatic rings. The molecule has 10 atom stereocenters. The molecule has 0 unspecified atom stereocenters. The quantitative estimate of drug-likeness (QED) is 0.0390. The molecule has 4 aromatic rings. The second kappa shape index (κ2) is 30.3. The Morgan fingerprint density at radius 3 is 1.30 bits per heavy atom. The van der Waals surface area contributed by atoms with E-state index in [9.17, 15) is 53.4 Å². The Morgan fingerprint density at radius 1 is 0.506 bits per heavy atom. The average molecular weight is 1090 g/mol. The fourth-order valence-electron chi connectivity index (χ4n) is 9.26. The van der Waals surface area contributed by atoms with Crippen molar-refractivity contribution in [3.63, 3.8) is 0 Å². The number of nitrogens with zero attached hydrogens (tertiary/aromatic N) is 1. The summed E-state index contributed by atoms with van der Waals surface area (Å²) < 4.78 is 0. The van der Waals surface area contributed by atoms with Gasteiger partial charge in [0.1, 0.15) is 48.3 Å². The third-order valence-corrected chi connectivity index (χ3v) is 13.6. The number of aliphatic hydroxyl groups is 1. The van der Waals surface area contributed by atoms with E-state index in [2.05, 4.69) is 37.2 Å². The smallest absolute Gasteiger partial charge is 0.326 e. The lowest BCUT2D eigenvalue weighted by Crippen LogP contribution is -2.62. The number of amides is 8. The van der Waals surface area contributed by atoms with Crippen LogP contribution < -0.4 is 43.0 Å². The summed E-state index contributed by atoms with van der Waals surface area (Å²) in [6.07, 6.45) is -0.504. The maximum Gasteiger partial charge on any atom is 0.326 e. The number of rotatable bonds is 28. The zero-order chi connectivity index (χ0) is 57.8. The van der Waals surface area contributed by atoms with Gasteiger partial charge in [-0.2, -0.15) is 0 Å². The van der Waals surface area contributed by atoms with E-state index in [-0.39, 0.29) is 38.0 Å². The molecule has 1 saturated heterocycles. The van der Waals surface area contributed by atoms with Crippen LogP contribution in [0.4, 0.5) is 0 Å². The molecule has 5 rings (SSSR count). The number of likely N-dealkylation sites (tertiary alicyclic amines) is 1. The minimum absolute atomic E-state index is 0.0487. The number of carbonyl (C=O) groups excluding carboxylic acids is 8. The van der Waals surface area contributed by atoms with Crippen LogP contribution in [0.15, 0.2) is 121 Å². The SMILES string of the molecule is CC(C)C[C@H](NC(=O)[C@H](C)NC(=O)[C@H](Cc1ccccc1)NC(=O)[C@H](Cc1ccccc1)NC(=O)[C@H](Cc1ccccc1)NC(=O)[C@@H](NC(=O)[C@@H](NC(=O)[C@@H]1CCCN1C(=O)[C@@H](N)Cc1ccccc1)C(C)C)[C@@H](C)O)C(=O)O. The highest BCUT2D eigenvalue weighted by Crippen LogP contribution is 2.21. The standard InChI is InChI=1S/C59H77N9O11/c1-35(2)30-47(59(78)79)65-51(70)37(5)61-52(71)44(32-40-22-13-8-14-23-40)62-53(72)45(33-41-24-15-9-16-25-41)63-54(73)46(34-42-26-17-10-18-27-42)64-57(76)50(38(6)69)67-56(75)49(36(3)4)66-55(74)48-28-19-29-68(48)58(77)43(60)31-39-20-11-7-12-21-39/h7-18,20-27,35-38,43-50,69H,19,28-34,60H2,1-6H3,(H,61,71)(H,62,72)(H,63,73)(H,64,76)(H,65,70)(H,66,74)(H,67,75)(H,78,79)/t37-,38+,43-,44-,45-,46-,47-,48-,49-,50-/m0/s1. The molecule has 4 aromatic carbocycles. The van der Waals surface area contributed by atoms with Gasteiger partial charge >= 0.3 is 5.97 Å². The second-order valence-electron chi connectivity index (χ2n) is 21.0. The monoisotopic (exact) mass is 1090 g/mol. The van der Waals surface area contributed by atoms with E-state index < -0.39 is 120 Å². The van der Waals surface area contributed by atoms with Crippen LogP contribution in [0.3, 0.4) is 0 Å². The van der Waals surface area contributed by atoms with Crippen molar-refractivity contribution < 1.29 is 53.4 Å². The first-order valence-electron chi connectivity index (χ1n) is 26.9. The Bertz CT molecular complexity index is 2680. The molecule has 79 heavy (non-hydrogen) atoms. The van der Waals surface area contributed by atoms with Gasteiger partial charge in [-0.25, -0.2) is 4.79 Å². The number of benzene rings is 4. The van der Waals surface area contributed by atoms with Gasteiger partial charge in [0.25, 0.3) is 0 Å². The lowest BCUT2D eigenvalue weighted by atomic mass is 10.00. The Morgan fingerprint density at radius 2 is 0.899 bits per heavy atom. The number of hydrogen-bond donors (Lipinski definition) is 10. The second-order valence-corrected chi connectivity index (χ2v) is 21.0. The van der Waals surface area contributed by atoms with Crippen LogP contribution in [0.5, 0.6) is 0 Å². The van der Waals surface area contributed by atoms with Crippen LogP contribution in [0, 0.1) is 11.8 Å². The van der Waals surface area contributed by atoms with Gasteiger partial charge in [0.15, 0.2) is 0 Å². The van der Waals surface area contributed by atoms with Crippen molar-refractivity contribution >= 4 is 53.2 Å². The summed E-state index contributed by atoms with van der Waals surface area (Å²) in [6, 6.07) is 24.2. The molecule has 0 aliphatic carbocycles. The van der Waals surface area contributed by atoms with Crippen molar-refractivity contribution in [1.29, 1.82) is 0 Å². The van der Waals surface area contributed by atoms with Gasteiger partial charge in [-0.3, -0.25) is 38.4 Å². The first-order valence-corrected chi connectivity index (χ1v) is 26.9. The van der Waals surface area contributed by atoms with E-state index in [1.807, 2.05) is 44.2 Å². The van der Waals surface area contributed by atoms with Crippen LogP contribution in [0.25, 0.3) is 0 Å². The number of nitrogens with one attached hydrogen (secondary N) is 7. The van der Waals surface area contributed by atoms with Crippen LogP contribution in [-0.4, -0.2) is 135 Å². The number of hydrogen-bond acceptors (Lipinski definition) is 11. The Hall–Kier alpha value is -7.97. The molecule has 0 aromatic heterocycles. The van der Waals surface area contributed by atoms with Crippen molar-refractivity contribution in [1.82, 2.24) is 42.1 Å². The fraction of sp³-hybridized carbons (Fsp3) is 0.441. The third-order valence-electron chi connectivity index (χ3n) is 13.6. The van der Waals surface area contributed by atoms with Crippen molar-refractivity contribution in [2.75, 3.05) is 6.54 Å². The molecule has 1 aliphatic heterocycles. The summed E-state index contributed by atoms with van der Waals surface area (Å²) in [5.41, 5.74) is 9.06. The van der Waals surface area contributed by atoms with Crippen LogP contribution in [0.1, 0.15) is 83.1 Å². The van der Waals surface area contributed by atoms with E-state index in [1.54, 1.807) is 105 Å². The molecular formula is C59H77N9O11. The lowest BCUT2D eigenvalue weighted by molar-refractivity contribution is -0.142. The first kappa shape index (κ1) is 61.9. The highest BCUT2D eigenvalue weighted by molar-refractivity contribution is 5.98. The highest BCUT2D eigenvalue weighted by Gasteiger charge is 2.40. The highest BCUT2D eigenvalue weighted by atomic mass is 16.4. The average Bonchev–Trinajstić information content (AvgIpc) is 3.93. The fourth-order valence-corrected chi connectivity index (χ4v) is 9.26. The summed E-state index contributed by atoms with van der Waals surface area (Å²) in [7, 11) is 0. The topological polar surface area (TPSA) is 308 Å². The molecule has 424 valence electrons. The molecule has 1 heterocycles. The van der Waals surface area contributed by atoms with E-state index in [0.717, 1.165) is 5.56 Å². The van der Waals surface area contributed by atoms with Gasteiger partial charge in [-0.15, -0.1) is 0 Å². The minimum Gasteiger partial charge on any atom is -0.480 e. The summed E-state index contributed by atoms with van der Waals surface area (Å²) in [5, 5.41) is 39.4. The molecule has 20 nitrogen and oxygen atoms in total. The number of carboxylic acid groups (broad SMARTS) is 1. The number of aliphatic carboxylic acids is 1. The normalized spacial score (nSPS) is 16.6. The van der Waals surface area contributed by atoms with E-state index in [1.165, 1.54) is 18.7 Å². The Labute approximate surface area is 461 Å². The Kier molecular flexibility index (Phi) is 23.7. The van der Waals surface area contributed by atoms with Crippen LogP contribution in [-0.2, 0) is 68.8 Å². The summed E-state index contributed by atoms with van der Waals surface area (Å²) in [6.45, 7) is 9.93. The molecule has 11 N–H and O–H groups in total. The minimum atomic E-state index is -1.66. The number of carbonyl (C=O) groups is 9. The Balaban J connectivity index is 1.35. The molecule has 0 saturated carbocycles. The zero-order valence-electron chi connectivity index (χ0n) is 45.7. The van der Waals surface area contributed by atoms with E-state index in [4.69, 9.17) is 5.73 Å². The molecule has 0 spiro atoms. The molecule has 0 radical (unpaired) electrons. The maximum atomic E-state index is 14.7. The van der Waals surface area contributed by atoms with Gasteiger partial charge in [0, 0.05) is 25.8 Å². The number of nitrogens with two attached hydrogens (primary N) is 1. The lowest BCUT2D eigenvalue weighted by Gasteiger charge is -2.31. The first-order chi connectivity index (χ1) is 37.6. The van der Waals surface area contributed by atoms with Gasteiger partial charge < -0.3 is 58.1 Å². The van der Waals surface area contributed by atoms with Gasteiger partial charge in [0.2, 0.25) is 47.3 Å². The number of carboxylic acids is 1. The molecule has 0 bridgehead atoms. The predicted molar refractivity (Wildman–Crippen MR) is 296 cm³/mol. The van der Waals surface area contributed by atoms with E-state index in [0.29, 0.717) is 36.1 Å². The number of aliphatic hydroxyl groups excluding tert-OH is 1. The van der Waals surface area contributed by atoms with Crippen molar-refractivity contribution in [2.45, 2.75) is 147 Å². The molecule has 8 amide bonds. The third kappa shape index (κ3) is 19.2. The predicted octanol–water partition coefficient (Wildman–Crippen LogP) is 1.86. The van der Waals surface area contributed by atoms with Gasteiger partial charge in [-0.05, 0) is 73.6 Å². The van der Waals surface area contributed by atoms with Crippen LogP contribution >= 0.6 is 0 Å². The van der Waals surface area contributed by atoms with Gasteiger partial charge in [-0.1, -0.05) is 149 Å². The molecule has 20 heteroatoms. The summed E-state index contributed by atoms with van der Waals surface area (Å²) >= 11 is 0. The molecule has 1 fully saturated rings. The van der Waals surface area contributed by atoms with E-state index >= 15 is 0 Å². The van der Waals surface area contributed by atoms with Crippen molar-refractivity contribution in [3.8, 4) is 0 Å². The summed E-state index contributed by atoms with van der Waals surface area (Å²) in [4.78, 5) is 126. The largest absolute Gasteiger partial charge is 0.480 e. The van der Waals surface area contributed by atoms with Crippen LogP contribution in [0.2, 0.25) is 0 Å². The van der Waals surface area contributed by atoms with Crippen molar-refractivity contribution in [2.24, 2.45) is 17.6 Å².